The van der Waals surface area contributed by atoms with Gasteiger partial charge in [-0.3, -0.25) is 0 Å². The average molecular weight is 228 g/mol. The van der Waals surface area contributed by atoms with E-state index in [1.165, 1.54) is 12.0 Å². The number of fused-ring (bicyclic) bond motifs is 1. The third-order valence-electron chi connectivity index (χ3n) is 2.72. The van der Waals surface area contributed by atoms with Crippen LogP contribution in [0.5, 0.6) is 5.75 Å². The predicted octanol–water partition coefficient (Wildman–Crippen LogP) is 2.54. The second kappa shape index (κ2) is 5.38. The summed E-state index contributed by atoms with van der Waals surface area (Å²) < 4.78 is 5.62. The Balaban J connectivity index is 0.00000112. The van der Waals surface area contributed by atoms with E-state index in [9.17, 15) is 0 Å². The molecule has 1 aliphatic rings. The molecule has 1 heterocycles. The monoisotopic (exact) mass is 227 g/mol. The van der Waals surface area contributed by atoms with E-state index >= 15 is 0 Å². The third kappa shape index (κ3) is 2.86. The maximum absolute atomic E-state index is 5.62. The van der Waals surface area contributed by atoms with Crippen LogP contribution >= 0.6 is 12.4 Å². The molecule has 0 amide bonds. The molecule has 2 nitrogen and oxygen atoms in total. The molecule has 1 atom stereocenters. The topological polar surface area (TPSA) is 12.5 Å². The van der Waals surface area contributed by atoms with Crippen LogP contribution in [-0.4, -0.2) is 32.1 Å². The van der Waals surface area contributed by atoms with E-state index in [-0.39, 0.29) is 12.4 Å². The highest BCUT2D eigenvalue weighted by atomic mass is 35.5. The summed E-state index contributed by atoms with van der Waals surface area (Å²) in [5.74, 6) is 1.67. The zero-order valence-corrected chi connectivity index (χ0v) is 10.1. The van der Waals surface area contributed by atoms with E-state index < -0.39 is 0 Å². The first-order chi connectivity index (χ1) is 6.77. The molecule has 3 heteroatoms. The molecule has 84 valence electrons. The van der Waals surface area contributed by atoms with E-state index in [1.807, 2.05) is 6.07 Å². The minimum Gasteiger partial charge on any atom is -0.493 e. The van der Waals surface area contributed by atoms with Crippen molar-refractivity contribution in [1.82, 2.24) is 4.90 Å². The molecular formula is C12H18ClNO. The van der Waals surface area contributed by atoms with Gasteiger partial charge < -0.3 is 9.64 Å². The van der Waals surface area contributed by atoms with Crippen LogP contribution in [-0.2, 0) is 0 Å². The summed E-state index contributed by atoms with van der Waals surface area (Å²) >= 11 is 0. The van der Waals surface area contributed by atoms with Crippen LogP contribution in [0.2, 0.25) is 0 Å². The highest BCUT2D eigenvalue weighted by Crippen LogP contribution is 2.35. The van der Waals surface area contributed by atoms with Crippen molar-refractivity contribution >= 4 is 12.4 Å². The fourth-order valence-corrected chi connectivity index (χ4v) is 1.88. The zero-order valence-electron chi connectivity index (χ0n) is 9.27. The molecule has 0 saturated carbocycles. The number of hydrogen-bond donors (Lipinski definition) is 0. The lowest BCUT2D eigenvalue weighted by Gasteiger charge is -2.13. The summed E-state index contributed by atoms with van der Waals surface area (Å²) in [5, 5.41) is 0. The lowest BCUT2D eigenvalue weighted by atomic mass is 9.98. The number of nitrogens with zero attached hydrogens (tertiary/aromatic N) is 1. The first-order valence-corrected chi connectivity index (χ1v) is 5.14. The van der Waals surface area contributed by atoms with Crippen molar-refractivity contribution in [2.75, 3.05) is 27.2 Å². The molecule has 1 aromatic carbocycles. The predicted molar refractivity (Wildman–Crippen MR) is 65.1 cm³/mol. The maximum atomic E-state index is 5.62. The van der Waals surface area contributed by atoms with Gasteiger partial charge in [-0.05, 0) is 33.1 Å². The second-order valence-corrected chi connectivity index (χ2v) is 4.14. The highest BCUT2D eigenvalue weighted by Gasteiger charge is 2.22. The molecule has 0 N–H and O–H groups in total. The summed E-state index contributed by atoms with van der Waals surface area (Å²) in [5.41, 5.74) is 1.38. The Kier molecular flexibility index (Phi) is 4.43. The summed E-state index contributed by atoms with van der Waals surface area (Å²) in [6, 6.07) is 8.37. The average Bonchev–Trinajstić information content (AvgIpc) is 2.58. The van der Waals surface area contributed by atoms with Crippen LogP contribution in [0.3, 0.4) is 0 Å². The van der Waals surface area contributed by atoms with E-state index in [1.54, 1.807) is 0 Å². The molecule has 1 aromatic rings. The van der Waals surface area contributed by atoms with Crippen molar-refractivity contribution in [2.24, 2.45) is 0 Å². The molecule has 1 unspecified atom stereocenters. The smallest absolute Gasteiger partial charge is 0.122 e. The van der Waals surface area contributed by atoms with Gasteiger partial charge in [0, 0.05) is 11.5 Å². The second-order valence-electron chi connectivity index (χ2n) is 4.14. The highest BCUT2D eigenvalue weighted by molar-refractivity contribution is 5.85. The van der Waals surface area contributed by atoms with Crippen LogP contribution in [0, 0.1) is 0 Å². The Morgan fingerprint density at radius 3 is 2.80 bits per heavy atom. The van der Waals surface area contributed by atoms with Gasteiger partial charge in [-0.1, -0.05) is 18.2 Å². The van der Waals surface area contributed by atoms with Crippen molar-refractivity contribution < 1.29 is 4.74 Å². The number of halogens is 1. The largest absolute Gasteiger partial charge is 0.493 e. The quantitative estimate of drug-likeness (QED) is 0.787. The molecule has 0 aliphatic carbocycles. The fraction of sp³-hybridized carbons (Fsp3) is 0.500. The fourth-order valence-electron chi connectivity index (χ4n) is 1.88. The van der Waals surface area contributed by atoms with Crippen LogP contribution in [0.25, 0.3) is 0 Å². The van der Waals surface area contributed by atoms with Crippen molar-refractivity contribution in [1.29, 1.82) is 0 Å². The van der Waals surface area contributed by atoms with E-state index in [0.717, 1.165) is 18.9 Å². The van der Waals surface area contributed by atoms with Crippen molar-refractivity contribution in [3.05, 3.63) is 29.8 Å². The lowest BCUT2D eigenvalue weighted by molar-refractivity contribution is 0.306. The normalized spacial score (nSPS) is 18.2. The Morgan fingerprint density at radius 1 is 1.33 bits per heavy atom. The summed E-state index contributed by atoms with van der Waals surface area (Å²) in [6.45, 7) is 1.98. The number of para-hydroxylation sites is 1. The minimum atomic E-state index is 0. The molecule has 0 spiro atoms. The third-order valence-corrected chi connectivity index (χ3v) is 2.72. The number of ether oxygens (including phenoxy) is 1. The molecular weight excluding hydrogens is 210 g/mol. The van der Waals surface area contributed by atoms with Gasteiger partial charge in [0.1, 0.15) is 5.75 Å². The summed E-state index contributed by atoms with van der Waals surface area (Å²) in [6.07, 6.45) is 1.18. The van der Waals surface area contributed by atoms with Crippen LogP contribution < -0.4 is 4.74 Å². The van der Waals surface area contributed by atoms with Gasteiger partial charge >= 0.3 is 0 Å². The Bertz CT molecular complexity index is 314. The Morgan fingerprint density at radius 2 is 2.07 bits per heavy atom. The standard InChI is InChI=1S/C12H17NO.ClH/c1-13(2)8-7-10-9-14-12-6-4-3-5-11(10)12;/h3-6,10H,7-9H2,1-2H3;1H. The van der Waals surface area contributed by atoms with Gasteiger partial charge in [-0.2, -0.15) is 0 Å². The van der Waals surface area contributed by atoms with Gasteiger partial charge in [0.15, 0.2) is 0 Å². The van der Waals surface area contributed by atoms with E-state index in [4.69, 9.17) is 4.74 Å². The molecule has 0 saturated heterocycles. The van der Waals surface area contributed by atoms with Crippen molar-refractivity contribution in [2.45, 2.75) is 12.3 Å². The van der Waals surface area contributed by atoms with Crippen LogP contribution in [0.4, 0.5) is 0 Å². The molecule has 0 radical (unpaired) electrons. The lowest BCUT2D eigenvalue weighted by Crippen LogP contribution is -2.16. The van der Waals surface area contributed by atoms with Crippen LogP contribution in [0.15, 0.2) is 24.3 Å². The Labute approximate surface area is 97.6 Å². The summed E-state index contributed by atoms with van der Waals surface area (Å²) in [4.78, 5) is 2.22. The molecule has 15 heavy (non-hydrogen) atoms. The summed E-state index contributed by atoms with van der Waals surface area (Å²) in [7, 11) is 4.23. The molecule has 0 bridgehead atoms. The van der Waals surface area contributed by atoms with Gasteiger partial charge in [0.2, 0.25) is 0 Å². The SMILES string of the molecule is CN(C)CCC1COc2ccccc21.Cl. The minimum absolute atomic E-state index is 0. The maximum Gasteiger partial charge on any atom is 0.122 e. The van der Waals surface area contributed by atoms with Gasteiger partial charge in [-0.25, -0.2) is 0 Å². The van der Waals surface area contributed by atoms with E-state index in [0.29, 0.717) is 5.92 Å². The van der Waals surface area contributed by atoms with Gasteiger partial charge in [-0.15, -0.1) is 12.4 Å². The Hall–Kier alpha value is -0.730. The van der Waals surface area contributed by atoms with Gasteiger partial charge in [0.05, 0.1) is 6.61 Å². The molecule has 1 aliphatic heterocycles. The molecule has 0 aromatic heterocycles. The number of benzene rings is 1. The van der Waals surface area contributed by atoms with Crippen molar-refractivity contribution in [3.8, 4) is 5.75 Å². The molecule has 0 fully saturated rings. The van der Waals surface area contributed by atoms with Crippen LogP contribution in [0.1, 0.15) is 17.9 Å². The van der Waals surface area contributed by atoms with E-state index in [2.05, 4.69) is 37.2 Å². The molecule has 2 rings (SSSR count). The van der Waals surface area contributed by atoms with Gasteiger partial charge in [0.25, 0.3) is 0 Å². The zero-order chi connectivity index (χ0) is 9.97. The number of hydrogen-bond acceptors (Lipinski definition) is 2. The first-order valence-electron chi connectivity index (χ1n) is 5.14. The number of rotatable bonds is 3. The van der Waals surface area contributed by atoms with Crippen molar-refractivity contribution in [3.63, 3.8) is 0 Å². The first kappa shape index (κ1) is 12.3.